The quantitative estimate of drug-likeness (QED) is 0.739. The molecule has 1 aromatic rings. The Morgan fingerprint density at radius 2 is 2.20 bits per heavy atom. The van der Waals surface area contributed by atoms with Crippen LogP contribution in [0.5, 0.6) is 0 Å². The number of nitrogen functional groups attached to an aromatic ring is 1. The average molecular weight is 204 g/mol. The molecule has 1 fully saturated rings. The highest BCUT2D eigenvalue weighted by Crippen LogP contribution is 2.29. The molecule has 15 heavy (non-hydrogen) atoms. The van der Waals surface area contributed by atoms with Crippen molar-refractivity contribution < 1.29 is 0 Å². The Hall–Kier alpha value is -1.18. The van der Waals surface area contributed by atoms with Crippen molar-refractivity contribution in [2.24, 2.45) is 5.92 Å². The molecule has 2 nitrogen and oxygen atoms in total. The van der Waals surface area contributed by atoms with Gasteiger partial charge in [-0.3, -0.25) is 0 Å². The molecule has 0 bridgehead atoms. The molecule has 1 saturated carbocycles. The molecule has 0 saturated heterocycles. The number of anilines is 2. The Morgan fingerprint density at radius 1 is 1.40 bits per heavy atom. The molecule has 0 aliphatic heterocycles. The molecule has 1 aliphatic carbocycles. The van der Waals surface area contributed by atoms with Gasteiger partial charge in [0.2, 0.25) is 0 Å². The van der Waals surface area contributed by atoms with Crippen LogP contribution in [0.2, 0.25) is 0 Å². The van der Waals surface area contributed by atoms with Crippen LogP contribution in [0.1, 0.15) is 31.2 Å². The molecule has 1 aromatic carbocycles. The summed E-state index contributed by atoms with van der Waals surface area (Å²) in [6, 6.07) is 6.15. The van der Waals surface area contributed by atoms with E-state index in [4.69, 9.17) is 5.73 Å². The fourth-order valence-electron chi connectivity index (χ4n) is 1.99. The van der Waals surface area contributed by atoms with E-state index < -0.39 is 0 Å². The lowest BCUT2D eigenvalue weighted by atomic mass is 9.83. The van der Waals surface area contributed by atoms with Crippen LogP contribution >= 0.6 is 0 Å². The molecule has 0 radical (unpaired) electrons. The number of benzene rings is 1. The highest BCUT2D eigenvalue weighted by molar-refractivity contribution is 5.56. The minimum absolute atomic E-state index is 0.875. The molecule has 0 atom stereocenters. The number of nitrogens with one attached hydrogen (secondary N) is 1. The standard InChI is InChI=1S/C13H20N2/c1-10-9-12(5-6-13(10)14)15-8-7-11-3-2-4-11/h5-6,9,11,15H,2-4,7-8,14H2,1H3. The van der Waals surface area contributed by atoms with Gasteiger partial charge in [0.1, 0.15) is 0 Å². The fourth-order valence-corrected chi connectivity index (χ4v) is 1.99. The first-order chi connectivity index (χ1) is 7.25. The third-order valence-electron chi connectivity index (χ3n) is 3.38. The maximum Gasteiger partial charge on any atom is 0.0345 e. The monoisotopic (exact) mass is 204 g/mol. The Morgan fingerprint density at radius 3 is 2.80 bits per heavy atom. The summed E-state index contributed by atoms with van der Waals surface area (Å²) in [5, 5.41) is 3.46. The molecule has 0 aromatic heterocycles. The lowest BCUT2D eigenvalue weighted by Gasteiger charge is -2.25. The van der Waals surface area contributed by atoms with Crippen molar-refractivity contribution in [3.8, 4) is 0 Å². The van der Waals surface area contributed by atoms with Crippen molar-refractivity contribution in [1.29, 1.82) is 0 Å². The van der Waals surface area contributed by atoms with Crippen LogP contribution in [0.4, 0.5) is 11.4 Å². The molecule has 3 N–H and O–H groups in total. The molecule has 0 amide bonds. The first-order valence-corrected chi connectivity index (χ1v) is 5.86. The zero-order chi connectivity index (χ0) is 10.7. The topological polar surface area (TPSA) is 38.0 Å². The maximum absolute atomic E-state index is 5.77. The third kappa shape index (κ3) is 2.65. The number of aryl methyl sites for hydroxylation is 1. The number of rotatable bonds is 4. The molecular formula is C13H20N2. The SMILES string of the molecule is Cc1cc(NCCC2CCC2)ccc1N. The van der Waals surface area contributed by atoms with Crippen molar-refractivity contribution in [1.82, 2.24) is 0 Å². The van der Waals surface area contributed by atoms with Gasteiger partial charge in [0.15, 0.2) is 0 Å². The van der Waals surface area contributed by atoms with Gasteiger partial charge in [0.25, 0.3) is 0 Å². The predicted molar refractivity (Wildman–Crippen MR) is 66.0 cm³/mol. The summed E-state index contributed by atoms with van der Waals surface area (Å²) in [7, 11) is 0. The Bertz CT molecular complexity index is 329. The number of nitrogens with two attached hydrogens (primary N) is 1. The Labute approximate surface area is 91.9 Å². The van der Waals surface area contributed by atoms with E-state index in [9.17, 15) is 0 Å². The molecule has 1 aliphatic rings. The average Bonchev–Trinajstić information content (AvgIpc) is 2.15. The van der Waals surface area contributed by atoms with Crippen molar-refractivity contribution in [3.05, 3.63) is 23.8 Å². The lowest BCUT2D eigenvalue weighted by Crippen LogP contribution is -2.15. The second-order valence-electron chi connectivity index (χ2n) is 4.58. The van der Waals surface area contributed by atoms with E-state index in [0.717, 1.165) is 23.7 Å². The predicted octanol–water partition coefficient (Wildman–Crippen LogP) is 3.18. The van der Waals surface area contributed by atoms with Gasteiger partial charge in [0.05, 0.1) is 0 Å². The van der Waals surface area contributed by atoms with Gasteiger partial charge in [-0.15, -0.1) is 0 Å². The Kier molecular flexibility index (Phi) is 3.14. The van der Waals surface area contributed by atoms with Gasteiger partial charge in [0, 0.05) is 17.9 Å². The van der Waals surface area contributed by atoms with Crippen molar-refractivity contribution in [2.75, 3.05) is 17.6 Å². The largest absolute Gasteiger partial charge is 0.399 e. The zero-order valence-electron chi connectivity index (χ0n) is 9.42. The van der Waals surface area contributed by atoms with Crippen molar-refractivity contribution in [3.63, 3.8) is 0 Å². The van der Waals surface area contributed by atoms with E-state index in [-0.39, 0.29) is 0 Å². The summed E-state index contributed by atoms with van der Waals surface area (Å²) in [6.45, 7) is 3.14. The number of hydrogen-bond donors (Lipinski definition) is 2. The second-order valence-corrected chi connectivity index (χ2v) is 4.58. The molecular weight excluding hydrogens is 184 g/mol. The molecule has 0 spiro atoms. The lowest BCUT2D eigenvalue weighted by molar-refractivity contribution is 0.303. The Balaban J connectivity index is 1.79. The fraction of sp³-hybridized carbons (Fsp3) is 0.538. The molecule has 2 rings (SSSR count). The van der Waals surface area contributed by atoms with Gasteiger partial charge < -0.3 is 11.1 Å². The van der Waals surface area contributed by atoms with Gasteiger partial charge in [-0.05, 0) is 43.0 Å². The van der Waals surface area contributed by atoms with Gasteiger partial charge in [-0.1, -0.05) is 19.3 Å². The van der Waals surface area contributed by atoms with E-state index >= 15 is 0 Å². The number of hydrogen-bond acceptors (Lipinski definition) is 2. The van der Waals surface area contributed by atoms with E-state index in [1.807, 2.05) is 13.0 Å². The highest BCUT2D eigenvalue weighted by Gasteiger charge is 2.16. The minimum atomic E-state index is 0.875. The van der Waals surface area contributed by atoms with Crippen LogP contribution < -0.4 is 11.1 Å². The van der Waals surface area contributed by atoms with Gasteiger partial charge >= 0.3 is 0 Å². The molecule has 0 unspecified atom stereocenters. The first-order valence-electron chi connectivity index (χ1n) is 5.86. The van der Waals surface area contributed by atoms with E-state index in [1.165, 1.54) is 31.4 Å². The van der Waals surface area contributed by atoms with E-state index in [0.29, 0.717) is 0 Å². The van der Waals surface area contributed by atoms with Crippen LogP contribution in [0.15, 0.2) is 18.2 Å². The zero-order valence-corrected chi connectivity index (χ0v) is 9.42. The minimum Gasteiger partial charge on any atom is -0.399 e. The normalized spacial score (nSPS) is 16.1. The van der Waals surface area contributed by atoms with Crippen LogP contribution in [0, 0.1) is 12.8 Å². The summed E-state index contributed by atoms with van der Waals surface area (Å²) in [6.07, 6.45) is 5.61. The third-order valence-corrected chi connectivity index (χ3v) is 3.38. The van der Waals surface area contributed by atoms with Crippen LogP contribution in [-0.4, -0.2) is 6.54 Å². The smallest absolute Gasteiger partial charge is 0.0345 e. The molecule has 2 heteroatoms. The first kappa shape index (κ1) is 10.3. The van der Waals surface area contributed by atoms with E-state index in [1.54, 1.807) is 0 Å². The van der Waals surface area contributed by atoms with E-state index in [2.05, 4.69) is 17.4 Å². The van der Waals surface area contributed by atoms with Crippen LogP contribution in [0.3, 0.4) is 0 Å². The summed E-state index contributed by atoms with van der Waals surface area (Å²) >= 11 is 0. The maximum atomic E-state index is 5.77. The molecule has 0 heterocycles. The summed E-state index contributed by atoms with van der Waals surface area (Å²) in [4.78, 5) is 0. The van der Waals surface area contributed by atoms with Gasteiger partial charge in [-0.2, -0.15) is 0 Å². The second kappa shape index (κ2) is 4.56. The van der Waals surface area contributed by atoms with Crippen molar-refractivity contribution in [2.45, 2.75) is 32.6 Å². The van der Waals surface area contributed by atoms with Crippen LogP contribution in [0.25, 0.3) is 0 Å². The summed E-state index contributed by atoms with van der Waals surface area (Å²) in [5.41, 5.74) is 8.99. The van der Waals surface area contributed by atoms with Gasteiger partial charge in [-0.25, -0.2) is 0 Å². The highest BCUT2D eigenvalue weighted by atomic mass is 14.9. The summed E-state index contributed by atoms with van der Waals surface area (Å²) < 4.78 is 0. The molecule has 82 valence electrons. The summed E-state index contributed by atoms with van der Waals surface area (Å²) in [5.74, 6) is 0.979. The van der Waals surface area contributed by atoms with Crippen LogP contribution in [-0.2, 0) is 0 Å². The van der Waals surface area contributed by atoms with Crippen molar-refractivity contribution >= 4 is 11.4 Å².